The normalized spacial score (nSPS) is 24.6. The van der Waals surface area contributed by atoms with E-state index in [-0.39, 0.29) is 41.2 Å². The third-order valence-corrected chi connectivity index (χ3v) is 7.44. The van der Waals surface area contributed by atoms with Gasteiger partial charge in [-0.1, -0.05) is 13.8 Å². The lowest BCUT2D eigenvalue weighted by atomic mass is 9.74. The summed E-state index contributed by atoms with van der Waals surface area (Å²) in [7, 11) is -2.98. The average molecular weight is 416 g/mol. The van der Waals surface area contributed by atoms with Crippen molar-refractivity contribution in [2.75, 3.05) is 11.5 Å². The van der Waals surface area contributed by atoms with Gasteiger partial charge in [0.05, 0.1) is 29.4 Å². The molecule has 1 amide bonds. The van der Waals surface area contributed by atoms with Crippen LogP contribution in [0.4, 0.5) is 0 Å². The highest BCUT2D eigenvalue weighted by Crippen LogP contribution is 2.40. The quantitative estimate of drug-likeness (QED) is 0.811. The molecule has 1 saturated heterocycles. The van der Waals surface area contributed by atoms with Gasteiger partial charge in [-0.3, -0.25) is 9.78 Å². The Bertz CT molecular complexity index is 1020. The molecule has 2 aromatic heterocycles. The second-order valence-corrected chi connectivity index (χ2v) is 11.1. The van der Waals surface area contributed by atoms with Crippen LogP contribution in [0.3, 0.4) is 0 Å². The van der Waals surface area contributed by atoms with Gasteiger partial charge in [0.15, 0.2) is 15.7 Å². The number of rotatable bonds is 4. The molecule has 8 nitrogen and oxygen atoms in total. The summed E-state index contributed by atoms with van der Waals surface area (Å²) >= 11 is 0. The molecule has 0 aromatic carbocycles. The lowest BCUT2D eigenvalue weighted by Crippen LogP contribution is -2.37. The molecule has 0 bridgehead atoms. The molecule has 2 aliphatic rings. The van der Waals surface area contributed by atoms with E-state index in [2.05, 4.69) is 34.1 Å². The molecule has 9 heteroatoms. The van der Waals surface area contributed by atoms with Crippen molar-refractivity contribution in [2.24, 2.45) is 11.3 Å². The van der Waals surface area contributed by atoms with Crippen LogP contribution in [-0.4, -0.2) is 45.8 Å². The smallest absolute Gasteiger partial charge is 0.220 e. The van der Waals surface area contributed by atoms with Gasteiger partial charge in [0.2, 0.25) is 5.91 Å². The van der Waals surface area contributed by atoms with Gasteiger partial charge < -0.3 is 5.32 Å². The summed E-state index contributed by atoms with van der Waals surface area (Å²) in [5, 5.41) is 3.10. The van der Waals surface area contributed by atoms with E-state index in [1.807, 2.05) is 0 Å². The van der Waals surface area contributed by atoms with Crippen LogP contribution in [0.5, 0.6) is 0 Å². The number of carbonyl (C=O) groups excluding carboxylic acids is 1. The van der Waals surface area contributed by atoms with Crippen LogP contribution in [0.1, 0.15) is 50.4 Å². The van der Waals surface area contributed by atoms with Gasteiger partial charge in [0, 0.05) is 30.6 Å². The van der Waals surface area contributed by atoms with Crippen molar-refractivity contribution < 1.29 is 13.2 Å². The Balaban J connectivity index is 1.53. The third kappa shape index (κ3) is 4.60. The summed E-state index contributed by atoms with van der Waals surface area (Å²) in [5.41, 5.74) is 2.41. The standard InChI is InChI=1S/C20H25N5O3S/c1-20(2)8-15(24-18(26)7-13-3-6-29(27,28)12-13)14-10-23-19(25-16(14)9-20)17-11-21-4-5-22-17/h4-5,10-11,13,15H,3,6-9,12H2,1-2H3,(H,24,26)/t13-,15-/m1/s1. The summed E-state index contributed by atoms with van der Waals surface area (Å²) in [5.74, 6) is 0.613. The van der Waals surface area contributed by atoms with E-state index in [0.29, 0.717) is 17.9 Å². The number of aromatic nitrogens is 4. The SMILES string of the molecule is CC1(C)Cc2nc(-c3cnccn3)ncc2[C@H](NC(=O)C[C@H]2CCS(=O)(=O)C2)C1. The third-order valence-electron chi connectivity index (χ3n) is 5.61. The van der Waals surface area contributed by atoms with Crippen molar-refractivity contribution in [2.45, 2.75) is 45.6 Å². The van der Waals surface area contributed by atoms with Crippen molar-refractivity contribution in [3.05, 3.63) is 36.0 Å². The van der Waals surface area contributed by atoms with Gasteiger partial charge in [-0.2, -0.15) is 0 Å². The van der Waals surface area contributed by atoms with Gasteiger partial charge in [0.1, 0.15) is 5.69 Å². The molecule has 0 spiro atoms. The highest BCUT2D eigenvalue weighted by molar-refractivity contribution is 7.91. The maximum Gasteiger partial charge on any atom is 0.220 e. The first-order valence-electron chi connectivity index (χ1n) is 9.83. The van der Waals surface area contributed by atoms with E-state index >= 15 is 0 Å². The first-order valence-corrected chi connectivity index (χ1v) is 11.6. The van der Waals surface area contributed by atoms with Gasteiger partial charge in [-0.25, -0.2) is 23.4 Å². The van der Waals surface area contributed by atoms with Crippen molar-refractivity contribution in [1.82, 2.24) is 25.3 Å². The Kier molecular flexibility index (Phi) is 5.10. The van der Waals surface area contributed by atoms with Crippen LogP contribution in [0.15, 0.2) is 24.8 Å². The van der Waals surface area contributed by atoms with Crippen LogP contribution in [0.2, 0.25) is 0 Å². The minimum atomic E-state index is -2.98. The zero-order valence-electron chi connectivity index (χ0n) is 16.6. The number of hydrogen-bond acceptors (Lipinski definition) is 7. The molecule has 1 aliphatic heterocycles. The van der Waals surface area contributed by atoms with Gasteiger partial charge >= 0.3 is 0 Å². The van der Waals surface area contributed by atoms with Gasteiger partial charge in [-0.05, 0) is 30.6 Å². The maximum absolute atomic E-state index is 12.6. The van der Waals surface area contributed by atoms with Gasteiger partial charge in [0.25, 0.3) is 0 Å². The summed E-state index contributed by atoms with van der Waals surface area (Å²) in [6.45, 7) is 4.31. The van der Waals surface area contributed by atoms with Crippen LogP contribution in [0.25, 0.3) is 11.5 Å². The zero-order chi connectivity index (χ0) is 20.6. The fourth-order valence-corrected chi connectivity index (χ4v) is 6.12. The minimum Gasteiger partial charge on any atom is -0.349 e. The summed E-state index contributed by atoms with van der Waals surface area (Å²) in [4.78, 5) is 30.1. The lowest BCUT2D eigenvalue weighted by molar-refractivity contribution is -0.122. The van der Waals surface area contributed by atoms with Crippen LogP contribution in [-0.2, 0) is 21.1 Å². The largest absolute Gasteiger partial charge is 0.349 e. The predicted octanol–water partition coefficient (Wildman–Crippen LogP) is 1.89. The molecule has 154 valence electrons. The van der Waals surface area contributed by atoms with Crippen molar-refractivity contribution in [3.8, 4) is 11.5 Å². The van der Waals surface area contributed by atoms with Crippen molar-refractivity contribution >= 4 is 15.7 Å². The topological polar surface area (TPSA) is 115 Å². The summed E-state index contributed by atoms with van der Waals surface area (Å²) < 4.78 is 23.3. The number of nitrogens with zero attached hydrogens (tertiary/aromatic N) is 4. The Morgan fingerprint density at radius 3 is 2.76 bits per heavy atom. The van der Waals surface area contributed by atoms with Crippen molar-refractivity contribution in [1.29, 1.82) is 0 Å². The van der Waals surface area contributed by atoms with E-state index in [1.54, 1.807) is 24.8 Å². The fourth-order valence-electron chi connectivity index (χ4n) is 4.26. The molecule has 3 heterocycles. The van der Waals surface area contributed by atoms with Crippen LogP contribution < -0.4 is 5.32 Å². The van der Waals surface area contributed by atoms with Crippen LogP contribution in [0, 0.1) is 11.3 Å². The number of amides is 1. The van der Waals surface area contributed by atoms with Crippen LogP contribution >= 0.6 is 0 Å². The molecule has 1 N–H and O–H groups in total. The molecular weight excluding hydrogens is 390 g/mol. The first kappa shape index (κ1) is 19.9. The molecule has 1 aliphatic carbocycles. The minimum absolute atomic E-state index is 0.0321. The summed E-state index contributed by atoms with van der Waals surface area (Å²) in [6, 6.07) is -0.185. The number of nitrogens with one attached hydrogen (secondary N) is 1. The van der Waals surface area contributed by atoms with E-state index in [0.717, 1.165) is 24.1 Å². The molecule has 2 atom stereocenters. The molecule has 4 rings (SSSR count). The molecule has 2 aromatic rings. The zero-order valence-corrected chi connectivity index (χ0v) is 17.4. The number of sulfone groups is 1. The number of fused-ring (bicyclic) bond motifs is 1. The second kappa shape index (κ2) is 7.44. The monoisotopic (exact) mass is 415 g/mol. The molecule has 1 fully saturated rings. The Labute approximate surface area is 170 Å². The Morgan fingerprint density at radius 2 is 2.07 bits per heavy atom. The van der Waals surface area contributed by atoms with Gasteiger partial charge in [-0.15, -0.1) is 0 Å². The maximum atomic E-state index is 12.6. The van der Waals surface area contributed by atoms with E-state index in [1.165, 1.54) is 0 Å². The van der Waals surface area contributed by atoms with Crippen molar-refractivity contribution in [3.63, 3.8) is 0 Å². The highest BCUT2D eigenvalue weighted by Gasteiger charge is 2.36. The highest BCUT2D eigenvalue weighted by atomic mass is 32.2. The Morgan fingerprint density at radius 1 is 1.24 bits per heavy atom. The molecule has 29 heavy (non-hydrogen) atoms. The lowest BCUT2D eigenvalue weighted by Gasteiger charge is -2.36. The van der Waals surface area contributed by atoms with E-state index < -0.39 is 9.84 Å². The number of hydrogen-bond donors (Lipinski definition) is 1. The average Bonchev–Trinajstić information content (AvgIpc) is 2.99. The Hall–Kier alpha value is -2.42. The van der Waals surface area contributed by atoms with E-state index in [9.17, 15) is 13.2 Å². The fraction of sp³-hybridized carbons (Fsp3) is 0.550. The predicted molar refractivity (Wildman–Crippen MR) is 107 cm³/mol. The molecule has 0 unspecified atom stereocenters. The molecule has 0 radical (unpaired) electrons. The second-order valence-electron chi connectivity index (χ2n) is 8.82. The summed E-state index contributed by atoms with van der Waals surface area (Å²) in [6.07, 6.45) is 8.97. The molecular formula is C20H25N5O3S. The van der Waals surface area contributed by atoms with E-state index in [4.69, 9.17) is 4.98 Å². The molecule has 0 saturated carbocycles. The first-order chi connectivity index (χ1) is 13.7. The number of carbonyl (C=O) groups is 1.